The Morgan fingerprint density at radius 1 is 1.14 bits per heavy atom. The second kappa shape index (κ2) is 10.2. The minimum atomic E-state index is -0.661. The number of ether oxygens (including phenoxy) is 1. The molecule has 8 heteroatoms. The molecule has 1 aliphatic rings. The van der Waals surface area contributed by atoms with Crippen LogP contribution in [0.1, 0.15) is 22.8 Å². The lowest BCUT2D eigenvalue weighted by atomic mass is 10.1. The number of thioether (sulfide) groups is 1. The second-order valence-electron chi connectivity index (χ2n) is 6.61. The van der Waals surface area contributed by atoms with E-state index >= 15 is 0 Å². The van der Waals surface area contributed by atoms with Crippen LogP contribution in [-0.4, -0.2) is 42.3 Å². The first kappa shape index (κ1) is 21.1. The van der Waals surface area contributed by atoms with Crippen molar-refractivity contribution in [3.8, 4) is 0 Å². The van der Waals surface area contributed by atoms with Gasteiger partial charge in [0.1, 0.15) is 24.8 Å². The molecule has 3 rings (SSSR count). The smallest absolute Gasteiger partial charge is 0.407 e. The third-order valence-electron chi connectivity index (χ3n) is 4.60. The largest absolute Gasteiger partial charge is 0.445 e. The van der Waals surface area contributed by atoms with Crippen molar-refractivity contribution in [2.24, 2.45) is 0 Å². The van der Waals surface area contributed by atoms with Gasteiger partial charge in [-0.1, -0.05) is 30.3 Å². The van der Waals surface area contributed by atoms with Crippen LogP contribution in [0, 0.1) is 11.6 Å². The van der Waals surface area contributed by atoms with Gasteiger partial charge in [-0.2, -0.15) is 11.8 Å². The van der Waals surface area contributed by atoms with Gasteiger partial charge in [0.05, 0.1) is 0 Å². The molecule has 0 spiro atoms. The Balaban J connectivity index is 1.45. The fourth-order valence-electron chi connectivity index (χ4n) is 3.06. The van der Waals surface area contributed by atoms with Crippen molar-refractivity contribution >= 4 is 23.8 Å². The molecule has 1 atom stereocenters. The van der Waals surface area contributed by atoms with Crippen LogP contribution in [0.25, 0.3) is 0 Å². The van der Waals surface area contributed by atoms with Crippen LogP contribution in [0.4, 0.5) is 13.6 Å². The van der Waals surface area contributed by atoms with Crippen molar-refractivity contribution in [2.45, 2.75) is 18.3 Å². The molecule has 0 aliphatic carbocycles. The highest BCUT2D eigenvalue weighted by Gasteiger charge is 2.24. The minimum absolute atomic E-state index is 0.127. The van der Waals surface area contributed by atoms with Gasteiger partial charge in [0.15, 0.2) is 0 Å². The predicted molar refractivity (Wildman–Crippen MR) is 107 cm³/mol. The summed E-state index contributed by atoms with van der Waals surface area (Å²) in [6.45, 7) is 0.851. The van der Waals surface area contributed by atoms with E-state index in [4.69, 9.17) is 4.74 Å². The summed E-state index contributed by atoms with van der Waals surface area (Å²) in [6, 6.07) is 12.7. The second-order valence-corrected chi connectivity index (χ2v) is 7.92. The van der Waals surface area contributed by atoms with Crippen LogP contribution >= 0.6 is 11.8 Å². The number of nitrogens with zero attached hydrogens (tertiary/aromatic N) is 1. The van der Waals surface area contributed by atoms with E-state index in [1.165, 1.54) is 17.8 Å². The molecule has 1 fully saturated rings. The van der Waals surface area contributed by atoms with Gasteiger partial charge < -0.3 is 15.0 Å². The summed E-state index contributed by atoms with van der Waals surface area (Å²) in [6.07, 6.45) is -0.152. The lowest BCUT2D eigenvalue weighted by molar-refractivity contribution is -0.129. The molecular formula is C21H22F2N2O3S. The molecule has 2 aromatic rings. The number of nitrogens with one attached hydrogen (secondary N) is 1. The Morgan fingerprint density at radius 2 is 1.93 bits per heavy atom. The van der Waals surface area contributed by atoms with Crippen LogP contribution in [0.5, 0.6) is 0 Å². The van der Waals surface area contributed by atoms with E-state index in [1.54, 1.807) is 4.90 Å². The van der Waals surface area contributed by atoms with Crippen LogP contribution in [-0.2, 0) is 16.1 Å². The summed E-state index contributed by atoms with van der Waals surface area (Å²) >= 11 is 1.50. The number of alkyl carbamates (subject to hydrolysis) is 1. The third-order valence-corrected chi connectivity index (χ3v) is 5.91. The third kappa shape index (κ3) is 6.19. The number of amides is 2. The van der Waals surface area contributed by atoms with Crippen molar-refractivity contribution in [3.05, 3.63) is 71.3 Å². The number of benzene rings is 2. The SMILES string of the molecule is O=C(NCC(=O)N1CCS[C@H](c2cc(F)ccc2F)CC1)OCc1ccccc1. The molecule has 0 aromatic heterocycles. The van der Waals surface area contributed by atoms with E-state index in [-0.39, 0.29) is 24.3 Å². The first-order valence-electron chi connectivity index (χ1n) is 9.32. The van der Waals surface area contributed by atoms with Crippen molar-refractivity contribution in [2.75, 3.05) is 25.4 Å². The first-order chi connectivity index (χ1) is 14.0. The van der Waals surface area contributed by atoms with E-state index in [0.29, 0.717) is 30.8 Å². The minimum Gasteiger partial charge on any atom is -0.445 e. The Bertz CT molecular complexity index is 851. The maximum atomic E-state index is 14.0. The monoisotopic (exact) mass is 420 g/mol. The maximum absolute atomic E-state index is 14.0. The van der Waals surface area contributed by atoms with Gasteiger partial charge in [0.2, 0.25) is 5.91 Å². The molecule has 0 saturated carbocycles. The van der Waals surface area contributed by atoms with Crippen molar-refractivity contribution < 1.29 is 23.1 Å². The fraction of sp³-hybridized carbons (Fsp3) is 0.333. The number of hydrogen-bond donors (Lipinski definition) is 1. The van der Waals surface area contributed by atoms with Gasteiger partial charge in [-0.15, -0.1) is 0 Å². The van der Waals surface area contributed by atoms with Gasteiger partial charge in [0.25, 0.3) is 0 Å². The normalized spacial score (nSPS) is 16.8. The summed E-state index contributed by atoms with van der Waals surface area (Å²) in [7, 11) is 0. The molecule has 1 N–H and O–H groups in total. The topological polar surface area (TPSA) is 58.6 Å². The van der Waals surface area contributed by atoms with E-state index < -0.39 is 17.7 Å². The summed E-state index contributed by atoms with van der Waals surface area (Å²) in [5.41, 5.74) is 1.18. The Hall–Kier alpha value is -2.61. The van der Waals surface area contributed by atoms with E-state index in [2.05, 4.69) is 5.32 Å². The average Bonchev–Trinajstić information content (AvgIpc) is 2.99. The molecule has 1 heterocycles. The van der Waals surface area contributed by atoms with Gasteiger partial charge in [-0.05, 0) is 30.2 Å². The highest BCUT2D eigenvalue weighted by molar-refractivity contribution is 7.99. The molecule has 1 saturated heterocycles. The summed E-state index contributed by atoms with van der Waals surface area (Å²) < 4.78 is 32.6. The van der Waals surface area contributed by atoms with Crippen molar-refractivity contribution in [1.29, 1.82) is 0 Å². The molecule has 0 radical (unpaired) electrons. The van der Waals surface area contributed by atoms with Gasteiger partial charge in [-0.25, -0.2) is 13.6 Å². The quantitative estimate of drug-likeness (QED) is 0.797. The van der Waals surface area contributed by atoms with Crippen LogP contribution in [0.3, 0.4) is 0 Å². The zero-order valence-corrected chi connectivity index (χ0v) is 16.6. The number of carbonyl (C=O) groups excluding carboxylic acids is 2. The summed E-state index contributed by atoms with van der Waals surface area (Å²) in [5, 5.41) is 2.25. The van der Waals surface area contributed by atoms with Gasteiger partial charge >= 0.3 is 6.09 Å². The van der Waals surface area contributed by atoms with Crippen LogP contribution in [0.15, 0.2) is 48.5 Å². The van der Waals surface area contributed by atoms with E-state index in [9.17, 15) is 18.4 Å². The van der Waals surface area contributed by atoms with Gasteiger partial charge in [0, 0.05) is 29.7 Å². The first-order valence-corrected chi connectivity index (χ1v) is 10.4. The Morgan fingerprint density at radius 3 is 2.72 bits per heavy atom. The van der Waals surface area contributed by atoms with E-state index in [1.807, 2.05) is 30.3 Å². The predicted octanol–water partition coefficient (Wildman–Crippen LogP) is 3.90. The van der Waals surface area contributed by atoms with Crippen LogP contribution < -0.4 is 5.32 Å². The summed E-state index contributed by atoms with van der Waals surface area (Å²) in [4.78, 5) is 25.8. The highest BCUT2D eigenvalue weighted by atomic mass is 32.2. The Labute approximate surface area is 172 Å². The fourth-order valence-corrected chi connectivity index (χ4v) is 4.31. The van der Waals surface area contributed by atoms with Crippen LogP contribution in [0.2, 0.25) is 0 Å². The highest BCUT2D eigenvalue weighted by Crippen LogP contribution is 2.36. The molecule has 0 bridgehead atoms. The van der Waals surface area contributed by atoms with E-state index in [0.717, 1.165) is 17.7 Å². The molecule has 29 heavy (non-hydrogen) atoms. The molecule has 1 aliphatic heterocycles. The Kier molecular flexibility index (Phi) is 7.46. The lowest BCUT2D eigenvalue weighted by Crippen LogP contribution is -2.41. The molecule has 2 aromatic carbocycles. The van der Waals surface area contributed by atoms with Gasteiger partial charge in [-0.3, -0.25) is 4.79 Å². The average molecular weight is 420 g/mol. The number of hydrogen-bond acceptors (Lipinski definition) is 4. The molecule has 154 valence electrons. The molecule has 0 unspecified atom stereocenters. The maximum Gasteiger partial charge on any atom is 0.407 e. The van der Waals surface area contributed by atoms with Crippen molar-refractivity contribution in [3.63, 3.8) is 0 Å². The number of rotatable bonds is 5. The molecular weight excluding hydrogens is 398 g/mol. The lowest BCUT2D eigenvalue weighted by Gasteiger charge is -2.20. The number of carbonyl (C=O) groups is 2. The summed E-state index contributed by atoms with van der Waals surface area (Å²) in [5.74, 6) is -0.545. The zero-order valence-electron chi connectivity index (χ0n) is 15.8. The van der Waals surface area contributed by atoms with Crippen molar-refractivity contribution in [1.82, 2.24) is 10.2 Å². The standard InChI is InChI=1S/C21H22F2N2O3S/c22-16-6-7-18(23)17(12-16)19-8-9-25(10-11-29-19)20(26)13-24-21(27)28-14-15-4-2-1-3-5-15/h1-7,12,19H,8-11,13-14H2,(H,24,27)/t19-/m0/s1. The number of halogens is 2. The molecule has 2 amide bonds. The molecule has 5 nitrogen and oxygen atoms in total. The zero-order chi connectivity index (χ0) is 20.6.